The first kappa shape index (κ1) is 15.1. The second-order valence-electron chi connectivity index (χ2n) is 3.96. The number of rotatable bonds is 7. The Morgan fingerprint density at radius 3 is 2.76 bits per heavy atom. The minimum atomic E-state index is -3.74. The molecule has 8 nitrogen and oxygen atoms in total. The molecule has 0 spiro atoms. The molecule has 0 aliphatic carbocycles. The van der Waals surface area contributed by atoms with Gasteiger partial charge in [0.1, 0.15) is 6.61 Å². The molecule has 0 atom stereocenters. The number of ether oxygens (including phenoxy) is 2. The molecule has 3 N–H and O–H groups in total. The third-order valence-electron chi connectivity index (χ3n) is 2.53. The molecule has 0 fully saturated rings. The number of hydrogen-bond donors (Lipinski definition) is 3. The molecule has 21 heavy (non-hydrogen) atoms. The summed E-state index contributed by atoms with van der Waals surface area (Å²) < 4.78 is 36.9. The highest BCUT2D eigenvalue weighted by molar-refractivity contribution is 7.92. The van der Waals surface area contributed by atoms with E-state index in [9.17, 15) is 8.42 Å². The smallest absolute Gasteiger partial charge is 0.278 e. The fourth-order valence-corrected chi connectivity index (χ4v) is 2.57. The van der Waals surface area contributed by atoms with Crippen molar-refractivity contribution >= 4 is 15.7 Å². The number of aromatic nitrogens is 2. The Kier molecular flexibility index (Phi) is 4.66. The molecule has 114 valence electrons. The number of hydrogen-bond acceptors (Lipinski definition) is 6. The lowest BCUT2D eigenvalue weighted by Gasteiger charge is -2.12. The van der Waals surface area contributed by atoms with Crippen LogP contribution in [-0.2, 0) is 10.0 Å². The maximum Gasteiger partial charge on any atom is 0.278 e. The quantitative estimate of drug-likeness (QED) is 0.689. The van der Waals surface area contributed by atoms with Gasteiger partial charge in [-0.1, -0.05) is 0 Å². The summed E-state index contributed by atoms with van der Waals surface area (Å²) in [5.41, 5.74) is 0.304. The summed E-state index contributed by atoms with van der Waals surface area (Å²) in [7, 11) is -2.27. The zero-order valence-corrected chi connectivity index (χ0v) is 12.1. The number of aliphatic hydroxyl groups excluding tert-OH is 1. The zero-order valence-electron chi connectivity index (χ0n) is 11.2. The van der Waals surface area contributed by atoms with E-state index in [0.717, 1.165) is 0 Å². The standard InChI is InChI=1S/C12H15N3O5S/c1-19-10-3-2-9(8-11(10)20-7-6-16)15-21(17,18)12-4-5-13-14-12/h2-5,8,15-16H,6-7H2,1H3,(H,13,14). The van der Waals surface area contributed by atoms with Crippen LogP contribution >= 0.6 is 0 Å². The topological polar surface area (TPSA) is 114 Å². The summed E-state index contributed by atoms with van der Waals surface area (Å²) >= 11 is 0. The minimum Gasteiger partial charge on any atom is -0.493 e. The van der Waals surface area contributed by atoms with Crippen LogP contribution in [0, 0.1) is 0 Å². The SMILES string of the molecule is COc1ccc(NS(=O)(=O)c2ccn[nH]2)cc1OCCO. The Labute approximate surface area is 121 Å². The summed E-state index contributed by atoms with van der Waals surface area (Å²) in [5.74, 6) is 0.768. The number of aromatic amines is 1. The Bertz CT molecular complexity index is 685. The Morgan fingerprint density at radius 2 is 2.14 bits per heavy atom. The van der Waals surface area contributed by atoms with Crippen LogP contribution in [0.3, 0.4) is 0 Å². The van der Waals surface area contributed by atoms with Gasteiger partial charge in [-0.2, -0.15) is 13.5 Å². The number of aliphatic hydroxyl groups is 1. The van der Waals surface area contributed by atoms with Gasteiger partial charge in [0.15, 0.2) is 16.5 Å². The molecule has 0 aliphatic rings. The van der Waals surface area contributed by atoms with Gasteiger partial charge < -0.3 is 14.6 Å². The van der Waals surface area contributed by atoms with Crippen molar-refractivity contribution in [2.75, 3.05) is 25.0 Å². The van der Waals surface area contributed by atoms with Crippen LogP contribution in [0.2, 0.25) is 0 Å². The van der Waals surface area contributed by atoms with Gasteiger partial charge in [-0.3, -0.25) is 9.82 Å². The van der Waals surface area contributed by atoms with Gasteiger partial charge in [-0.15, -0.1) is 0 Å². The minimum absolute atomic E-state index is 0.0452. The van der Waals surface area contributed by atoms with E-state index in [2.05, 4.69) is 14.9 Å². The number of nitrogens with one attached hydrogen (secondary N) is 2. The number of anilines is 1. The van der Waals surface area contributed by atoms with Gasteiger partial charge in [0.2, 0.25) is 0 Å². The van der Waals surface area contributed by atoms with Crippen molar-refractivity contribution in [1.29, 1.82) is 0 Å². The number of benzene rings is 1. The number of nitrogens with zero attached hydrogens (tertiary/aromatic N) is 1. The average molecular weight is 313 g/mol. The maximum absolute atomic E-state index is 12.0. The first-order valence-corrected chi connectivity index (χ1v) is 7.49. The monoisotopic (exact) mass is 313 g/mol. The molecule has 1 aromatic heterocycles. The van der Waals surface area contributed by atoms with Gasteiger partial charge in [0, 0.05) is 6.07 Å². The van der Waals surface area contributed by atoms with Gasteiger partial charge in [0.05, 0.1) is 25.6 Å². The summed E-state index contributed by atoms with van der Waals surface area (Å²) in [6, 6.07) is 5.92. The predicted octanol–water partition coefficient (Wildman–Crippen LogP) is 0.590. The van der Waals surface area contributed by atoms with E-state index in [0.29, 0.717) is 17.2 Å². The van der Waals surface area contributed by atoms with Crippen LogP contribution in [0.4, 0.5) is 5.69 Å². The molecule has 0 bridgehead atoms. The van der Waals surface area contributed by atoms with Crippen molar-refractivity contribution in [2.45, 2.75) is 5.03 Å². The van der Waals surface area contributed by atoms with E-state index in [-0.39, 0.29) is 18.2 Å². The lowest BCUT2D eigenvalue weighted by molar-refractivity contribution is 0.196. The molecular formula is C12H15N3O5S. The van der Waals surface area contributed by atoms with Crippen molar-refractivity contribution in [3.63, 3.8) is 0 Å². The van der Waals surface area contributed by atoms with E-state index in [1.54, 1.807) is 12.1 Å². The molecule has 0 amide bonds. The van der Waals surface area contributed by atoms with E-state index in [1.807, 2.05) is 0 Å². The molecule has 0 unspecified atom stereocenters. The fourth-order valence-electron chi connectivity index (χ4n) is 1.61. The highest BCUT2D eigenvalue weighted by Crippen LogP contribution is 2.30. The van der Waals surface area contributed by atoms with Crippen molar-refractivity contribution in [1.82, 2.24) is 10.2 Å². The normalized spacial score (nSPS) is 11.1. The highest BCUT2D eigenvalue weighted by atomic mass is 32.2. The van der Waals surface area contributed by atoms with Crippen molar-refractivity contribution < 1.29 is 23.0 Å². The second kappa shape index (κ2) is 6.46. The molecule has 0 saturated carbocycles. The molecule has 1 heterocycles. The molecular weight excluding hydrogens is 298 g/mol. The van der Waals surface area contributed by atoms with E-state index in [1.165, 1.54) is 25.4 Å². The molecule has 2 rings (SSSR count). The lowest BCUT2D eigenvalue weighted by Crippen LogP contribution is -2.13. The van der Waals surface area contributed by atoms with Gasteiger partial charge >= 0.3 is 0 Å². The summed E-state index contributed by atoms with van der Waals surface area (Å²) in [6.45, 7) is -0.0830. The van der Waals surface area contributed by atoms with Crippen LogP contribution in [0.15, 0.2) is 35.5 Å². The third kappa shape index (κ3) is 3.64. The third-order valence-corrected chi connectivity index (χ3v) is 3.84. The number of methoxy groups -OCH3 is 1. The molecule has 2 aromatic rings. The van der Waals surface area contributed by atoms with Gasteiger partial charge in [0.25, 0.3) is 10.0 Å². The van der Waals surface area contributed by atoms with Crippen molar-refractivity contribution in [3.05, 3.63) is 30.5 Å². The Hall–Kier alpha value is -2.26. The second-order valence-corrected chi connectivity index (χ2v) is 5.61. The summed E-state index contributed by atoms with van der Waals surface area (Å²) in [4.78, 5) is 0. The van der Waals surface area contributed by atoms with Gasteiger partial charge in [-0.05, 0) is 18.2 Å². The largest absolute Gasteiger partial charge is 0.493 e. The number of H-pyrrole nitrogens is 1. The predicted molar refractivity (Wildman–Crippen MR) is 75.0 cm³/mol. The van der Waals surface area contributed by atoms with E-state index >= 15 is 0 Å². The van der Waals surface area contributed by atoms with Crippen LogP contribution in [0.25, 0.3) is 0 Å². The molecule has 0 radical (unpaired) electrons. The van der Waals surface area contributed by atoms with Crippen molar-refractivity contribution in [2.24, 2.45) is 0 Å². The molecule has 1 aromatic carbocycles. The van der Waals surface area contributed by atoms with Gasteiger partial charge in [-0.25, -0.2) is 0 Å². The first-order valence-electron chi connectivity index (χ1n) is 6.00. The van der Waals surface area contributed by atoms with Crippen LogP contribution in [-0.4, -0.2) is 44.0 Å². The summed E-state index contributed by atoms with van der Waals surface area (Å²) in [5, 5.41) is 14.7. The fraction of sp³-hybridized carbons (Fsp3) is 0.250. The number of sulfonamides is 1. The van der Waals surface area contributed by atoms with Crippen LogP contribution in [0.1, 0.15) is 0 Å². The van der Waals surface area contributed by atoms with E-state index in [4.69, 9.17) is 14.6 Å². The van der Waals surface area contributed by atoms with Crippen molar-refractivity contribution in [3.8, 4) is 11.5 Å². The maximum atomic E-state index is 12.0. The molecule has 0 saturated heterocycles. The highest BCUT2D eigenvalue weighted by Gasteiger charge is 2.16. The lowest BCUT2D eigenvalue weighted by atomic mass is 10.3. The first-order chi connectivity index (χ1) is 10.1. The van der Waals surface area contributed by atoms with Crippen LogP contribution in [0.5, 0.6) is 11.5 Å². The zero-order chi connectivity index (χ0) is 15.3. The Balaban J connectivity index is 2.24. The van der Waals surface area contributed by atoms with Crippen LogP contribution < -0.4 is 14.2 Å². The molecule has 9 heteroatoms. The summed E-state index contributed by atoms with van der Waals surface area (Å²) in [6.07, 6.45) is 1.35. The van der Waals surface area contributed by atoms with E-state index < -0.39 is 10.0 Å². The Morgan fingerprint density at radius 1 is 1.33 bits per heavy atom. The average Bonchev–Trinajstić information content (AvgIpc) is 3.00. The molecule has 0 aliphatic heterocycles.